The Morgan fingerprint density at radius 3 is 2.36 bits per heavy atom. The molecule has 0 saturated heterocycles. The zero-order valence-corrected chi connectivity index (χ0v) is 12.7. The van der Waals surface area contributed by atoms with E-state index in [1.54, 1.807) is 6.07 Å². The minimum Gasteiger partial charge on any atom is -0.461 e. The molecule has 0 N–H and O–H groups in total. The van der Waals surface area contributed by atoms with Crippen LogP contribution < -0.4 is 0 Å². The van der Waals surface area contributed by atoms with Crippen LogP contribution in [0.15, 0.2) is 24.3 Å². The Morgan fingerprint density at radius 2 is 1.73 bits per heavy atom. The maximum Gasteiger partial charge on any atom is 0.309 e. The average molecular weight is 295 g/mol. The van der Waals surface area contributed by atoms with Crippen LogP contribution in [0.4, 0.5) is 0 Å². The summed E-state index contributed by atoms with van der Waals surface area (Å²) in [6.07, 6.45) is 6.29. The predicted molar refractivity (Wildman–Crippen MR) is 81.5 cm³/mol. The van der Waals surface area contributed by atoms with E-state index in [9.17, 15) is 4.79 Å². The van der Waals surface area contributed by atoms with Crippen molar-refractivity contribution in [3.8, 4) is 6.07 Å². The van der Waals surface area contributed by atoms with Crippen molar-refractivity contribution < 1.29 is 9.53 Å². The summed E-state index contributed by atoms with van der Waals surface area (Å²) >= 11 is 0. The maximum absolute atomic E-state index is 12.6. The molecule has 0 aliphatic heterocycles. The second-order valence-corrected chi connectivity index (χ2v) is 7.33. The van der Waals surface area contributed by atoms with Gasteiger partial charge in [-0.1, -0.05) is 18.2 Å². The lowest BCUT2D eigenvalue weighted by atomic mass is 9.52. The van der Waals surface area contributed by atoms with E-state index in [2.05, 4.69) is 6.07 Å². The van der Waals surface area contributed by atoms with E-state index in [4.69, 9.17) is 10.00 Å². The summed E-state index contributed by atoms with van der Waals surface area (Å²) in [5.41, 5.74) is 1.41. The first-order valence-electron chi connectivity index (χ1n) is 8.39. The Balaban J connectivity index is 1.44. The summed E-state index contributed by atoms with van der Waals surface area (Å²) in [6.45, 7) is 0.228. The van der Waals surface area contributed by atoms with Gasteiger partial charge in [0.15, 0.2) is 0 Å². The van der Waals surface area contributed by atoms with Crippen LogP contribution in [0.5, 0.6) is 0 Å². The van der Waals surface area contributed by atoms with Crippen LogP contribution in [0.2, 0.25) is 0 Å². The van der Waals surface area contributed by atoms with Gasteiger partial charge in [-0.3, -0.25) is 4.79 Å². The van der Waals surface area contributed by atoms with Gasteiger partial charge in [-0.2, -0.15) is 5.26 Å². The average Bonchev–Trinajstić information content (AvgIpc) is 2.52. The standard InChI is InChI=1S/C19H21NO2/c20-10-14-3-1-2-4-15(14)11-22-19(21)18-16-6-12-5-13(8-16)9-17(18)7-12/h1-4,12-13,16-18H,5-9,11H2. The highest BCUT2D eigenvalue weighted by atomic mass is 16.5. The monoisotopic (exact) mass is 295 g/mol. The Hall–Kier alpha value is -1.82. The number of hydrogen-bond donors (Lipinski definition) is 0. The van der Waals surface area contributed by atoms with Crippen molar-refractivity contribution in [3.63, 3.8) is 0 Å². The van der Waals surface area contributed by atoms with E-state index in [-0.39, 0.29) is 18.5 Å². The topological polar surface area (TPSA) is 50.1 Å². The molecular formula is C19H21NO2. The van der Waals surface area contributed by atoms with Gasteiger partial charge in [-0.25, -0.2) is 0 Å². The van der Waals surface area contributed by atoms with Crippen LogP contribution in [0.3, 0.4) is 0 Å². The SMILES string of the molecule is N#Cc1ccccc1COC(=O)C1C2CC3CC(C2)CC1C3. The van der Waals surface area contributed by atoms with Crippen LogP contribution in [0.25, 0.3) is 0 Å². The first kappa shape index (κ1) is 13.8. The smallest absolute Gasteiger partial charge is 0.309 e. The van der Waals surface area contributed by atoms with Crippen molar-refractivity contribution in [2.24, 2.45) is 29.6 Å². The molecule has 0 spiro atoms. The van der Waals surface area contributed by atoms with Gasteiger partial charge in [-0.05, 0) is 61.8 Å². The van der Waals surface area contributed by atoms with Gasteiger partial charge in [0.2, 0.25) is 0 Å². The second-order valence-electron chi connectivity index (χ2n) is 7.33. The van der Waals surface area contributed by atoms with Crippen molar-refractivity contribution >= 4 is 5.97 Å². The summed E-state index contributed by atoms with van der Waals surface area (Å²) < 4.78 is 5.61. The van der Waals surface area contributed by atoms with Crippen molar-refractivity contribution in [1.29, 1.82) is 5.26 Å². The van der Waals surface area contributed by atoms with Gasteiger partial charge in [0.05, 0.1) is 17.6 Å². The lowest BCUT2D eigenvalue weighted by molar-refractivity contribution is -0.163. The summed E-state index contributed by atoms with van der Waals surface area (Å²) in [4.78, 5) is 12.6. The van der Waals surface area contributed by atoms with E-state index in [1.165, 1.54) is 32.1 Å². The molecule has 4 saturated carbocycles. The summed E-state index contributed by atoms with van der Waals surface area (Å²) in [5.74, 6) is 2.92. The molecule has 3 nitrogen and oxygen atoms in total. The molecule has 22 heavy (non-hydrogen) atoms. The maximum atomic E-state index is 12.6. The Morgan fingerprint density at radius 1 is 1.09 bits per heavy atom. The fourth-order valence-corrected chi connectivity index (χ4v) is 5.31. The van der Waals surface area contributed by atoms with Crippen molar-refractivity contribution in [3.05, 3.63) is 35.4 Å². The molecule has 0 aromatic heterocycles. The molecule has 4 bridgehead atoms. The molecule has 0 atom stereocenters. The minimum atomic E-state index is -0.0263. The molecule has 0 heterocycles. The fraction of sp³-hybridized carbons (Fsp3) is 0.579. The molecule has 0 amide bonds. The Kier molecular flexibility index (Phi) is 3.41. The first-order chi connectivity index (χ1) is 10.7. The van der Waals surface area contributed by atoms with E-state index >= 15 is 0 Å². The Labute approximate surface area is 131 Å². The van der Waals surface area contributed by atoms with Gasteiger partial charge >= 0.3 is 5.97 Å². The largest absolute Gasteiger partial charge is 0.461 e. The Bertz CT molecular complexity index is 603. The quantitative estimate of drug-likeness (QED) is 0.799. The lowest BCUT2D eigenvalue weighted by Crippen LogP contribution is -2.48. The number of benzene rings is 1. The number of carbonyl (C=O) groups is 1. The van der Waals surface area contributed by atoms with Crippen molar-refractivity contribution in [2.45, 2.75) is 38.7 Å². The van der Waals surface area contributed by atoms with Crippen LogP contribution in [0, 0.1) is 40.9 Å². The van der Waals surface area contributed by atoms with Gasteiger partial charge in [0.1, 0.15) is 6.61 Å². The van der Waals surface area contributed by atoms with Gasteiger partial charge < -0.3 is 4.74 Å². The first-order valence-corrected chi connectivity index (χ1v) is 8.39. The molecular weight excluding hydrogens is 274 g/mol. The molecule has 1 aromatic carbocycles. The van der Waals surface area contributed by atoms with E-state index < -0.39 is 0 Å². The van der Waals surface area contributed by atoms with Gasteiger partial charge in [0.25, 0.3) is 0 Å². The number of ether oxygens (including phenoxy) is 1. The number of esters is 1. The highest BCUT2D eigenvalue weighted by Gasteiger charge is 2.51. The van der Waals surface area contributed by atoms with E-state index in [1.807, 2.05) is 18.2 Å². The van der Waals surface area contributed by atoms with Gasteiger partial charge in [-0.15, -0.1) is 0 Å². The molecule has 4 aliphatic rings. The van der Waals surface area contributed by atoms with Crippen LogP contribution in [-0.4, -0.2) is 5.97 Å². The van der Waals surface area contributed by atoms with Gasteiger partial charge in [0, 0.05) is 5.56 Å². The summed E-state index contributed by atoms with van der Waals surface area (Å²) in [6, 6.07) is 9.51. The molecule has 4 fully saturated rings. The summed E-state index contributed by atoms with van der Waals surface area (Å²) in [7, 11) is 0. The lowest BCUT2D eigenvalue weighted by Gasteiger charge is -2.53. The zero-order chi connectivity index (χ0) is 15.1. The third-order valence-corrected chi connectivity index (χ3v) is 6.01. The molecule has 1 aromatic rings. The number of hydrogen-bond acceptors (Lipinski definition) is 3. The molecule has 3 heteroatoms. The van der Waals surface area contributed by atoms with E-state index in [0.29, 0.717) is 17.4 Å². The molecule has 0 unspecified atom stereocenters. The summed E-state index contributed by atoms with van der Waals surface area (Å²) in [5, 5.41) is 9.11. The van der Waals surface area contributed by atoms with Crippen molar-refractivity contribution in [1.82, 2.24) is 0 Å². The third-order valence-electron chi connectivity index (χ3n) is 6.01. The molecule has 4 aliphatic carbocycles. The molecule has 5 rings (SSSR count). The van der Waals surface area contributed by atoms with E-state index in [0.717, 1.165) is 17.4 Å². The molecule has 114 valence electrons. The number of carbonyl (C=O) groups excluding carboxylic acids is 1. The van der Waals surface area contributed by atoms with Crippen molar-refractivity contribution in [2.75, 3.05) is 0 Å². The van der Waals surface area contributed by atoms with Crippen LogP contribution >= 0.6 is 0 Å². The fourth-order valence-electron chi connectivity index (χ4n) is 5.31. The number of nitrogens with zero attached hydrogens (tertiary/aromatic N) is 1. The molecule has 0 radical (unpaired) electrons. The number of rotatable bonds is 3. The van der Waals surface area contributed by atoms with Crippen LogP contribution in [-0.2, 0) is 16.1 Å². The second kappa shape index (κ2) is 5.43. The highest BCUT2D eigenvalue weighted by molar-refractivity contribution is 5.73. The minimum absolute atomic E-state index is 0.0263. The number of nitriles is 1. The predicted octanol–water partition coefficient (Wildman–Crippen LogP) is 3.67. The highest BCUT2D eigenvalue weighted by Crippen LogP contribution is 2.56. The normalized spacial score (nSPS) is 35.1. The van der Waals surface area contributed by atoms with Crippen LogP contribution in [0.1, 0.15) is 43.2 Å². The third kappa shape index (κ3) is 2.31. The zero-order valence-electron chi connectivity index (χ0n) is 12.7.